The first-order valence-electron chi connectivity index (χ1n) is 7.04. The highest BCUT2D eigenvalue weighted by molar-refractivity contribution is 7.98. The molecule has 0 unspecified atom stereocenters. The molecule has 2 heterocycles. The van der Waals surface area contributed by atoms with Crippen molar-refractivity contribution in [3.8, 4) is 0 Å². The van der Waals surface area contributed by atoms with Crippen molar-refractivity contribution in [1.82, 2.24) is 19.2 Å². The smallest absolute Gasteiger partial charge is 0.262 e. The van der Waals surface area contributed by atoms with Crippen LogP contribution >= 0.6 is 11.8 Å². The largest absolute Gasteiger partial charge is 0.276 e. The molecule has 0 radical (unpaired) electrons. The lowest BCUT2D eigenvalue weighted by Gasteiger charge is -2.12. The molecule has 1 aromatic carbocycles. The number of aryl methyl sites for hydroxylation is 1. The van der Waals surface area contributed by atoms with E-state index in [4.69, 9.17) is 0 Å². The third kappa shape index (κ3) is 2.33. The molecule has 21 heavy (non-hydrogen) atoms. The summed E-state index contributed by atoms with van der Waals surface area (Å²) in [4.78, 5) is 12.7. The van der Waals surface area contributed by atoms with Crippen molar-refractivity contribution >= 4 is 28.4 Å². The van der Waals surface area contributed by atoms with Crippen LogP contribution < -0.4 is 5.56 Å². The summed E-state index contributed by atoms with van der Waals surface area (Å²) in [6.07, 6.45) is 2.91. The second-order valence-corrected chi connectivity index (χ2v) is 6.25. The maximum Gasteiger partial charge on any atom is 0.262 e. The fourth-order valence-corrected chi connectivity index (χ4v) is 2.94. The number of rotatable bonds is 4. The van der Waals surface area contributed by atoms with Crippen LogP contribution in [0.2, 0.25) is 0 Å². The van der Waals surface area contributed by atoms with Gasteiger partial charge in [0.25, 0.3) is 5.56 Å². The first-order valence-corrected chi connectivity index (χ1v) is 8.26. The minimum absolute atomic E-state index is 0.0128. The molecule has 0 amide bonds. The van der Waals surface area contributed by atoms with E-state index in [1.807, 2.05) is 34.9 Å². The first kappa shape index (κ1) is 14.1. The maximum atomic E-state index is 12.7. The van der Waals surface area contributed by atoms with Gasteiger partial charge in [0.2, 0.25) is 5.78 Å². The Bertz CT molecular complexity index is 850. The molecule has 0 aliphatic carbocycles. The molecule has 0 N–H and O–H groups in total. The summed E-state index contributed by atoms with van der Waals surface area (Å²) < 4.78 is 3.72. The molecule has 0 saturated carbocycles. The molecule has 0 fully saturated rings. The van der Waals surface area contributed by atoms with E-state index in [1.54, 1.807) is 4.57 Å². The Labute approximate surface area is 127 Å². The molecule has 0 bridgehead atoms. The average molecular weight is 302 g/mol. The van der Waals surface area contributed by atoms with Crippen molar-refractivity contribution in [3.63, 3.8) is 0 Å². The molecule has 2 aromatic heterocycles. The molecule has 0 spiro atoms. The normalized spacial score (nSPS) is 11.8. The maximum absolute atomic E-state index is 12.7. The lowest BCUT2D eigenvalue weighted by molar-refractivity contribution is 0.512. The van der Waals surface area contributed by atoms with Crippen molar-refractivity contribution in [2.45, 2.75) is 32.0 Å². The first-order chi connectivity index (χ1) is 10.1. The van der Waals surface area contributed by atoms with Crippen LogP contribution in [-0.4, -0.2) is 25.4 Å². The standard InChI is InChI=1S/C15H18N4OS/c1-10(2)8-9-18-13(20)11-6-4-5-7-12(11)19-14(18)16-17-15(19)21-3/h4-7,10H,8-9H2,1-3H3. The van der Waals surface area contributed by atoms with Gasteiger partial charge >= 0.3 is 0 Å². The Kier molecular flexibility index (Phi) is 3.71. The average Bonchev–Trinajstić information content (AvgIpc) is 2.91. The number of fused-ring (bicyclic) bond motifs is 3. The summed E-state index contributed by atoms with van der Waals surface area (Å²) in [5.74, 6) is 1.16. The number of thioether (sulfide) groups is 1. The van der Waals surface area contributed by atoms with Gasteiger partial charge in [0.05, 0.1) is 10.9 Å². The highest BCUT2D eigenvalue weighted by Crippen LogP contribution is 2.20. The van der Waals surface area contributed by atoms with Gasteiger partial charge in [0.15, 0.2) is 5.16 Å². The highest BCUT2D eigenvalue weighted by atomic mass is 32.2. The van der Waals surface area contributed by atoms with Gasteiger partial charge in [-0.25, -0.2) is 0 Å². The van der Waals surface area contributed by atoms with Crippen molar-refractivity contribution in [1.29, 1.82) is 0 Å². The summed E-state index contributed by atoms with van der Waals surface area (Å²) in [5.41, 5.74) is 0.881. The van der Waals surface area contributed by atoms with Crippen LogP contribution in [-0.2, 0) is 6.54 Å². The summed E-state index contributed by atoms with van der Waals surface area (Å²) in [7, 11) is 0. The number of benzene rings is 1. The Hall–Kier alpha value is -1.82. The SMILES string of the molecule is CSc1nnc2n(CCC(C)C)c(=O)c3ccccc3n12. The van der Waals surface area contributed by atoms with Crippen LogP contribution in [0.15, 0.2) is 34.2 Å². The van der Waals surface area contributed by atoms with Gasteiger partial charge in [0.1, 0.15) is 0 Å². The van der Waals surface area contributed by atoms with Gasteiger partial charge in [-0.05, 0) is 30.7 Å². The van der Waals surface area contributed by atoms with Crippen LogP contribution in [0.25, 0.3) is 16.7 Å². The number of hydrogen-bond donors (Lipinski definition) is 0. The zero-order chi connectivity index (χ0) is 15.0. The predicted octanol–water partition coefficient (Wildman–Crippen LogP) is 2.81. The highest BCUT2D eigenvalue weighted by Gasteiger charge is 2.15. The molecule has 3 aromatic rings. The van der Waals surface area contributed by atoms with Crippen molar-refractivity contribution in [3.05, 3.63) is 34.6 Å². The Morgan fingerprint density at radius 1 is 1.24 bits per heavy atom. The monoisotopic (exact) mass is 302 g/mol. The van der Waals surface area contributed by atoms with Gasteiger partial charge in [-0.2, -0.15) is 0 Å². The molecule has 6 heteroatoms. The van der Waals surface area contributed by atoms with E-state index in [0.717, 1.165) is 17.1 Å². The minimum atomic E-state index is 0.0128. The van der Waals surface area contributed by atoms with E-state index in [1.165, 1.54) is 11.8 Å². The van der Waals surface area contributed by atoms with Crippen LogP contribution in [0, 0.1) is 5.92 Å². The molecule has 5 nitrogen and oxygen atoms in total. The van der Waals surface area contributed by atoms with Gasteiger partial charge in [-0.1, -0.05) is 37.7 Å². The van der Waals surface area contributed by atoms with E-state index in [-0.39, 0.29) is 5.56 Å². The number of nitrogens with zero attached hydrogens (tertiary/aromatic N) is 4. The van der Waals surface area contributed by atoms with Crippen molar-refractivity contribution in [2.75, 3.05) is 6.26 Å². The van der Waals surface area contributed by atoms with Gasteiger partial charge in [-0.15, -0.1) is 10.2 Å². The van der Waals surface area contributed by atoms with Crippen LogP contribution in [0.5, 0.6) is 0 Å². The Morgan fingerprint density at radius 2 is 2.00 bits per heavy atom. The van der Waals surface area contributed by atoms with Gasteiger partial charge < -0.3 is 0 Å². The molecule has 0 saturated heterocycles. The van der Waals surface area contributed by atoms with E-state index >= 15 is 0 Å². The van der Waals surface area contributed by atoms with Crippen LogP contribution in [0.3, 0.4) is 0 Å². The fraction of sp³-hybridized carbons (Fsp3) is 0.400. The lowest BCUT2D eigenvalue weighted by Crippen LogP contribution is -2.24. The molecule has 0 atom stereocenters. The third-order valence-electron chi connectivity index (χ3n) is 3.59. The molecule has 3 rings (SSSR count). The third-order valence-corrected chi connectivity index (χ3v) is 4.22. The van der Waals surface area contributed by atoms with Gasteiger partial charge in [-0.3, -0.25) is 13.8 Å². The zero-order valence-corrected chi connectivity index (χ0v) is 13.2. The second kappa shape index (κ2) is 5.52. The Morgan fingerprint density at radius 3 is 2.71 bits per heavy atom. The number of para-hydroxylation sites is 1. The Balaban J connectivity index is 2.37. The number of aromatic nitrogens is 4. The fourth-order valence-electron chi connectivity index (χ4n) is 2.45. The molecule has 0 aliphatic rings. The predicted molar refractivity (Wildman–Crippen MR) is 86.0 cm³/mol. The molecule has 110 valence electrons. The van der Waals surface area contributed by atoms with Gasteiger partial charge in [0, 0.05) is 6.54 Å². The van der Waals surface area contributed by atoms with E-state index in [2.05, 4.69) is 24.0 Å². The minimum Gasteiger partial charge on any atom is -0.276 e. The van der Waals surface area contributed by atoms with E-state index in [9.17, 15) is 4.79 Å². The molecular formula is C15H18N4OS. The lowest BCUT2D eigenvalue weighted by atomic mass is 10.1. The quantitative estimate of drug-likeness (QED) is 0.695. The summed E-state index contributed by atoms with van der Waals surface area (Å²) >= 11 is 1.53. The number of hydrogen-bond acceptors (Lipinski definition) is 4. The zero-order valence-electron chi connectivity index (χ0n) is 12.4. The molecular weight excluding hydrogens is 284 g/mol. The summed E-state index contributed by atoms with van der Waals surface area (Å²) in [6.45, 7) is 4.97. The van der Waals surface area contributed by atoms with Crippen LogP contribution in [0.4, 0.5) is 0 Å². The van der Waals surface area contributed by atoms with Crippen LogP contribution in [0.1, 0.15) is 20.3 Å². The van der Waals surface area contributed by atoms with E-state index in [0.29, 0.717) is 23.6 Å². The van der Waals surface area contributed by atoms with Crippen molar-refractivity contribution < 1.29 is 0 Å². The summed E-state index contributed by atoms with van der Waals surface area (Å²) in [5, 5.41) is 9.96. The van der Waals surface area contributed by atoms with E-state index < -0.39 is 0 Å². The van der Waals surface area contributed by atoms with Crippen molar-refractivity contribution in [2.24, 2.45) is 5.92 Å². The summed E-state index contributed by atoms with van der Waals surface area (Å²) in [6, 6.07) is 7.64. The topological polar surface area (TPSA) is 52.2 Å². The molecule has 0 aliphatic heterocycles. The second-order valence-electron chi connectivity index (χ2n) is 5.48.